The number of benzene rings is 1. The fourth-order valence-corrected chi connectivity index (χ4v) is 2.24. The van der Waals surface area contributed by atoms with E-state index in [1.165, 1.54) is 6.07 Å². The molecular formula is C16H23FN2. The van der Waals surface area contributed by atoms with Gasteiger partial charge in [-0.3, -0.25) is 4.90 Å². The molecule has 0 radical (unpaired) electrons. The number of hydrogen-bond acceptors (Lipinski definition) is 2. The van der Waals surface area contributed by atoms with Crippen LogP contribution in [-0.4, -0.2) is 24.5 Å². The summed E-state index contributed by atoms with van der Waals surface area (Å²) >= 11 is 0. The summed E-state index contributed by atoms with van der Waals surface area (Å²) in [4.78, 5) is 2.30. The molecule has 0 unspecified atom stereocenters. The maximum atomic E-state index is 13.6. The second-order valence-corrected chi connectivity index (χ2v) is 4.71. The molecule has 1 aromatic rings. The van der Waals surface area contributed by atoms with E-state index >= 15 is 0 Å². The van der Waals surface area contributed by atoms with Crippen LogP contribution in [-0.2, 0) is 6.54 Å². The van der Waals surface area contributed by atoms with Crippen LogP contribution in [0.3, 0.4) is 0 Å². The minimum Gasteiger partial charge on any atom is -0.320 e. The minimum absolute atomic E-state index is 0.247. The van der Waals surface area contributed by atoms with Gasteiger partial charge in [0.1, 0.15) is 5.82 Å². The molecule has 2 N–H and O–H groups in total. The van der Waals surface area contributed by atoms with Gasteiger partial charge in [-0.15, -0.1) is 0 Å². The molecule has 0 bridgehead atoms. The fraction of sp³-hybridized carbons (Fsp3) is 0.500. The Kier molecular flexibility index (Phi) is 6.55. The van der Waals surface area contributed by atoms with Gasteiger partial charge in [-0.25, -0.2) is 4.39 Å². The summed E-state index contributed by atoms with van der Waals surface area (Å²) in [5, 5.41) is 0. The van der Waals surface area contributed by atoms with E-state index in [1.54, 1.807) is 0 Å². The lowest BCUT2D eigenvalue weighted by Gasteiger charge is -2.26. The van der Waals surface area contributed by atoms with Gasteiger partial charge in [0, 0.05) is 12.6 Å². The Labute approximate surface area is 115 Å². The van der Waals surface area contributed by atoms with Crippen molar-refractivity contribution in [3.63, 3.8) is 0 Å². The van der Waals surface area contributed by atoms with E-state index in [4.69, 9.17) is 5.73 Å². The monoisotopic (exact) mass is 262 g/mol. The van der Waals surface area contributed by atoms with Crippen LogP contribution >= 0.6 is 0 Å². The van der Waals surface area contributed by atoms with Crippen LogP contribution in [0.15, 0.2) is 18.2 Å². The molecule has 19 heavy (non-hydrogen) atoms. The molecule has 0 saturated carbocycles. The maximum Gasteiger partial charge on any atom is 0.138 e. The van der Waals surface area contributed by atoms with Crippen molar-refractivity contribution in [1.82, 2.24) is 4.90 Å². The Bertz CT molecular complexity index is 456. The molecule has 1 aromatic carbocycles. The first kappa shape index (κ1) is 15.7. The summed E-state index contributed by atoms with van der Waals surface area (Å²) in [6.07, 6.45) is 2.24. The molecule has 3 heteroatoms. The predicted octanol–water partition coefficient (Wildman–Crippen LogP) is 2.76. The van der Waals surface area contributed by atoms with Gasteiger partial charge in [-0.2, -0.15) is 0 Å². The SMILES string of the molecule is CCC(CC)N(C)Cc1ccc(F)c(C#CCN)c1. The van der Waals surface area contributed by atoms with E-state index in [2.05, 4.69) is 37.6 Å². The summed E-state index contributed by atoms with van der Waals surface area (Å²) in [5.74, 6) is 5.19. The van der Waals surface area contributed by atoms with Crippen molar-refractivity contribution in [1.29, 1.82) is 0 Å². The van der Waals surface area contributed by atoms with Gasteiger partial charge < -0.3 is 5.73 Å². The van der Waals surface area contributed by atoms with Crippen LogP contribution in [0.25, 0.3) is 0 Å². The summed E-state index contributed by atoms with van der Waals surface area (Å²) in [6.45, 7) is 5.43. The predicted molar refractivity (Wildman–Crippen MR) is 78.2 cm³/mol. The van der Waals surface area contributed by atoms with E-state index in [9.17, 15) is 4.39 Å². The topological polar surface area (TPSA) is 29.3 Å². The molecule has 0 aromatic heterocycles. The third kappa shape index (κ3) is 4.66. The van der Waals surface area contributed by atoms with Gasteiger partial charge in [-0.05, 0) is 37.6 Å². The van der Waals surface area contributed by atoms with Gasteiger partial charge in [0.05, 0.1) is 12.1 Å². The van der Waals surface area contributed by atoms with E-state index < -0.39 is 0 Å². The molecule has 1 rings (SSSR count). The number of rotatable bonds is 5. The van der Waals surface area contributed by atoms with E-state index in [0.717, 1.165) is 24.9 Å². The van der Waals surface area contributed by atoms with Crippen molar-refractivity contribution >= 4 is 0 Å². The zero-order valence-corrected chi connectivity index (χ0v) is 12.0. The zero-order valence-electron chi connectivity index (χ0n) is 12.0. The second kappa shape index (κ2) is 7.93. The van der Waals surface area contributed by atoms with Crippen LogP contribution in [0.1, 0.15) is 37.8 Å². The number of nitrogens with zero attached hydrogens (tertiary/aromatic N) is 1. The third-order valence-corrected chi connectivity index (χ3v) is 3.35. The average molecular weight is 262 g/mol. The Morgan fingerprint density at radius 3 is 2.58 bits per heavy atom. The molecule has 0 heterocycles. The second-order valence-electron chi connectivity index (χ2n) is 4.71. The van der Waals surface area contributed by atoms with Gasteiger partial charge in [0.15, 0.2) is 0 Å². The molecule has 104 valence electrons. The van der Waals surface area contributed by atoms with Crippen LogP contribution < -0.4 is 5.73 Å². The third-order valence-electron chi connectivity index (χ3n) is 3.35. The molecule has 0 fully saturated rings. The van der Waals surface area contributed by atoms with Crippen molar-refractivity contribution in [2.45, 2.75) is 39.3 Å². The number of hydrogen-bond donors (Lipinski definition) is 1. The van der Waals surface area contributed by atoms with Crippen LogP contribution in [0.4, 0.5) is 4.39 Å². The Morgan fingerprint density at radius 2 is 2.00 bits per heavy atom. The van der Waals surface area contributed by atoms with Gasteiger partial charge >= 0.3 is 0 Å². The first-order valence-corrected chi connectivity index (χ1v) is 6.79. The Balaban J connectivity index is 2.84. The molecule has 0 atom stereocenters. The normalized spacial score (nSPS) is 10.7. The van der Waals surface area contributed by atoms with Crippen molar-refractivity contribution < 1.29 is 4.39 Å². The van der Waals surface area contributed by atoms with Crippen molar-refractivity contribution in [3.05, 3.63) is 35.1 Å². The molecular weight excluding hydrogens is 239 g/mol. The Morgan fingerprint density at radius 1 is 1.32 bits per heavy atom. The molecule has 0 aliphatic carbocycles. The van der Waals surface area contributed by atoms with E-state index in [1.807, 2.05) is 12.1 Å². The maximum absolute atomic E-state index is 13.6. The molecule has 0 aliphatic heterocycles. The van der Waals surface area contributed by atoms with Crippen LogP contribution in [0, 0.1) is 17.7 Å². The van der Waals surface area contributed by atoms with Crippen LogP contribution in [0.5, 0.6) is 0 Å². The highest BCUT2D eigenvalue weighted by Crippen LogP contribution is 2.14. The molecule has 0 spiro atoms. The molecule has 0 saturated heterocycles. The van der Waals surface area contributed by atoms with E-state index in [-0.39, 0.29) is 12.4 Å². The van der Waals surface area contributed by atoms with Crippen molar-refractivity contribution in [2.75, 3.05) is 13.6 Å². The quantitative estimate of drug-likeness (QED) is 0.827. The standard InChI is InChI=1S/C16H23FN2/c1-4-15(5-2)19(3)12-13-8-9-16(17)14(11-13)7-6-10-18/h8-9,11,15H,4-5,10,12,18H2,1-3H3. The van der Waals surface area contributed by atoms with Crippen molar-refractivity contribution in [2.24, 2.45) is 5.73 Å². The molecule has 2 nitrogen and oxygen atoms in total. The first-order chi connectivity index (χ1) is 9.12. The van der Waals surface area contributed by atoms with Gasteiger partial charge in [0.2, 0.25) is 0 Å². The van der Waals surface area contributed by atoms with E-state index in [0.29, 0.717) is 11.6 Å². The highest BCUT2D eigenvalue weighted by Gasteiger charge is 2.11. The minimum atomic E-state index is -0.283. The Hall–Kier alpha value is -1.37. The molecule has 0 aliphatic rings. The summed E-state index contributed by atoms with van der Waals surface area (Å²) in [6, 6.07) is 5.68. The van der Waals surface area contributed by atoms with Gasteiger partial charge in [-0.1, -0.05) is 31.8 Å². The summed E-state index contributed by atoms with van der Waals surface area (Å²) < 4.78 is 13.6. The first-order valence-electron chi connectivity index (χ1n) is 6.79. The smallest absolute Gasteiger partial charge is 0.138 e. The lowest BCUT2D eigenvalue weighted by molar-refractivity contribution is 0.221. The molecule has 0 amide bonds. The highest BCUT2D eigenvalue weighted by molar-refractivity contribution is 5.38. The van der Waals surface area contributed by atoms with Crippen molar-refractivity contribution in [3.8, 4) is 11.8 Å². The van der Waals surface area contributed by atoms with Crippen LogP contribution in [0.2, 0.25) is 0 Å². The lowest BCUT2D eigenvalue weighted by atomic mass is 10.1. The number of halogens is 1. The fourth-order valence-electron chi connectivity index (χ4n) is 2.24. The summed E-state index contributed by atoms with van der Waals surface area (Å²) in [5.41, 5.74) is 6.83. The highest BCUT2D eigenvalue weighted by atomic mass is 19.1. The van der Waals surface area contributed by atoms with Gasteiger partial charge in [0.25, 0.3) is 0 Å². The average Bonchev–Trinajstić information content (AvgIpc) is 2.40. The summed E-state index contributed by atoms with van der Waals surface area (Å²) in [7, 11) is 2.10. The largest absolute Gasteiger partial charge is 0.320 e. The number of nitrogens with two attached hydrogens (primary N) is 1. The lowest BCUT2D eigenvalue weighted by Crippen LogP contribution is -2.30. The zero-order chi connectivity index (χ0) is 14.3.